The first-order valence-corrected chi connectivity index (χ1v) is 15.9. The Bertz CT molecular complexity index is 1530. The zero-order valence-corrected chi connectivity index (χ0v) is 23.9. The predicted molar refractivity (Wildman–Crippen MR) is 170 cm³/mol. The van der Waals surface area contributed by atoms with Crippen molar-refractivity contribution in [1.82, 2.24) is 5.32 Å². The number of nitrogens with one attached hydrogen (secondary N) is 1. The molecule has 3 unspecified atom stereocenters. The van der Waals surface area contributed by atoms with Gasteiger partial charge in [0.05, 0.1) is 0 Å². The third-order valence-corrected chi connectivity index (χ3v) is 10.2. The first-order chi connectivity index (χ1) is 19.8. The van der Waals surface area contributed by atoms with Crippen molar-refractivity contribution >= 4 is 16.7 Å². The van der Waals surface area contributed by atoms with Crippen LogP contribution < -0.4 is 15.8 Å². The van der Waals surface area contributed by atoms with Crippen molar-refractivity contribution in [2.75, 3.05) is 13.1 Å². The van der Waals surface area contributed by atoms with Crippen molar-refractivity contribution in [2.45, 2.75) is 70.1 Å². The number of benzene rings is 2. The van der Waals surface area contributed by atoms with Gasteiger partial charge in [0.25, 0.3) is 0 Å². The molecule has 1 saturated heterocycles. The lowest BCUT2D eigenvalue weighted by Crippen LogP contribution is -2.35. The molecule has 0 aromatic heterocycles. The van der Waals surface area contributed by atoms with Crippen molar-refractivity contribution < 1.29 is 0 Å². The van der Waals surface area contributed by atoms with Gasteiger partial charge in [0.15, 0.2) is 0 Å². The van der Waals surface area contributed by atoms with Gasteiger partial charge in [0, 0.05) is 0 Å². The molecule has 0 radical (unpaired) electrons. The minimum absolute atomic E-state index is 0.635. The maximum Gasteiger partial charge on any atom is -0.00148 e. The molecule has 1 N–H and O–H groups in total. The summed E-state index contributed by atoms with van der Waals surface area (Å²) in [6.07, 6.45) is 28.8. The van der Waals surface area contributed by atoms with Crippen molar-refractivity contribution in [1.29, 1.82) is 0 Å². The molecule has 40 heavy (non-hydrogen) atoms. The second kappa shape index (κ2) is 11.8. The largest absolute Gasteiger partial charge is 0.316 e. The molecule has 7 rings (SSSR count). The molecule has 5 aliphatic rings. The minimum atomic E-state index is 0.635. The molecule has 1 heterocycles. The van der Waals surface area contributed by atoms with Crippen LogP contribution in [0.25, 0.3) is 16.7 Å². The van der Waals surface area contributed by atoms with Gasteiger partial charge in [-0.2, -0.15) is 0 Å². The van der Waals surface area contributed by atoms with Crippen molar-refractivity contribution in [3.8, 4) is 0 Å². The van der Waals surface area contributed by atoms with Crippen LogP contribution in [0.2, 0.25) is 0 Å². The maximum atomic E-state index is 3.64. The lowest BCUT2D eigenvalue weighted by Gasteiger charge is -2.32. The van der Waals surface area contributed by atoms with Crippen molar-refractivity contribution in [3.05, 3.63) is 124 Å². The smallest absolute Gasteiger partial charge is 0.00148 e. The van der Waals surface area contributed by atoms with Gasteiger partial charge in [0.2, 0.25) is 0 Å². The summed E-state index contributed by atoms with van der Waals surface area (Å²) in [5.41, 5.74) is 10.9. The fourth-order valence-electron chi connectivity index (χ4n) is 7.94. The van der Waals surface area contributed by atoms with Gasteiger partial charge in [-0.05, 0) is 144 Å². The second-order valence-corrected chi connectivity index (χ2v) is 12.5. The molecule has 204 valence electrons. The molecule has 3 atom stereocenters. The highest BCUT2D eigenvalue weighted by atomic mass is 14.9. The van der Waals surface area contributed by atoms with E-state index in [1.807, 2.05) is 0 Å². The summed E-state index contributed by atoms with van der Waals surface area (Å²) >= 11 is 0. The zero-order chi connectivity index (χ0) is 26.7. The Morgan fingerprint density at radius 2 is 1.60 bits per heavy atom. The molecule has 0 spiro atoms. The fourth-order valence-corrected chi connectivity index (χ4v) is 7.94. The number of hydrogen-bond donors (Lipinski definition) is 1. The van der Waals surface area contributed by atoms with E-state index in [-0.39, 0.29) is 0 Å². The Balaban J connectivity index is 1.15. The zero-order valence-electron chi connectivity index (χ0n) is 23.9. The predicted octanol–water partition coefficient (Wildman–Crippen LogP) is 7.91. The molecule has 0 bridgehead atoms. The van der Waals surface area contributed by atoms with Crippen LogP contribution in [0.5, 0.6) is 0 Å². The summed E-state index contributed by atoms with van der Waals surface area (Å²) < 4.78 is 0. The summed E-state index contributed by atoms with van der Waals surface area (Å²) in [6.45, 7) is 2.37. The Morgan fingerprint density at radius 3 is 2.35 bits per heavy atom. The molecular weight excluding hydrogens is 482 g/mol. The highest BCUT2D eigenvalue weighted by Gasteiger charge is 2.27. The second-order valence-electron chi connectivity index (χ2n) is 12.5. The third-order valence-electron chi connectivity index (χ3n) is 10.2. The number of fused-ring (bicyclic) bond motifs is 1. The van der Waals surface area contributed by atoms with Gasteiger partial charge in [-0.15, -0.1) is 0 Å². The molecule has 0 saturated carbocycles. The number of piperidine rings is 1. The Kier molecular flexibility index (Phi) is 7.58. The van der Waals surface area contributed by atoms with Crippen LogP contribution in [0.15, 0.2) is 102 Å². The summed E-state index contributed by atoms with van der Waals surface area (Å²) in [7, 11) is 0. The minimum Gasteiger partial charge on any atom is -0.316 e. The maximum absolute atomic E-state index is 3.64. The van der Waals surface area contributed by atoms with E-state index < -0.39 is 0 Å². The summed E-state index contributed by atoms with van der Waals surface area (Å²) in [6, 6.07) is 18.7. The lowest BCUT2D eigenvalue weighted by atomic mass is 9.75. The van der Waals surface area contributed by atoms with E-state index in [0.29, 0.717) is 11.8 Å². The van der Waals surface area contributed by atoms with E-state index in [2.05, 4.69) is 96.4 Å². The summed E-state index contributed by atoms with van der Waals surface area (Å²) in [4.78, 5) is 0. The van der Waals surface area contributed by atoms with Crippen LogP contribution in [0.4, 0.5) is 0 Å². The standard InChI is InChI=1S/C39H43N/c1-2-9-28(10-3-1)31-11-6-12-32(25-31)29-18-20-30(21-19-29)36-22-23-37(39-17-5-4-16-38(36)39)34-14-7-13-33(26-34)35-15-8-24-40-27-35/h1-2,4-7,9,11-14,16-17,20,25,29,33,35,40H,3,8,10,15,18-19,21-24,26-27H2. The van der Waals surface area contributed by atoms with E-state index in [4.69, 9.17) is 0 Å². The van der Waals surface area contributed by atoms with Crippen molar-refractivity contribution in [2.24, 2.45) is 11.8 Å². The molecule has 4 aliphatic carbocycles. The molecule has 1 heteroatoms. The molecular formula is C39H43N. The highest BCUT2D eigenvalue weighted by molar-refractivity contribution is 5.75. The summed E-state index contributed by atoms with van der Waals surface area (Å²) in [5, 5.41) is 6.64. The number of rotatable bonds is 5. The molecule has 1 nitrogen and oxygen atoms in total. The monoisotopic (exact) mass is 525 g/mol. The average Bonchev–Trinajstić information content (AvgIpc) is 3.05. The first kappa shape index (κ1) is 25.8. The highest BCUT2D eigenvalue weighted by Crippen LogP contribution is 2.40. The third kappa shape index (κ3) is 5.29. The normalized spacial score (nSPS) is 26.6. The van der Waals surface area contributed by atoms with Crippen LogP contribution in [0.1, 0.15) is 81.3 Å². The SMILES string of the molecule is C1=CCCC(c2cccc(C3CC=C(C4=c5ccccc5=C(C5=CC=CC(C6CCCNC6)C5)CC4)CC3)c2)=C1. The van der Waals surface area contributed by atoms with E-state index >= 15 is 0 Å². The topological polar surface area (TPSA) is 12.0 Å². The van der Waals surface area contributed by atoms with E-state index in [1.54, 1.807) is 22.3 Å². The average molecular weight is 526 g/mol. The lowest BCUT2D eigenvalue weighted by molar-refractivity contribution is 0.301. The van der Waals surface area contributed by atoms with Gasteiger partial charge in [-0.3, -0.25) is 0 Å². The van der Waals surface area contributed by atoms with Gasteiger partial charge in [-0.1, -0.05) is 91.1 Å². The van der Waals surface area contributed by atoms with Crippen LogP contribution in [-0.4, -0.2) is 13.1 Å². The Morgan fingerprint density at radius 1 is 0.750 bits per heavy atom. The van der Waals surface area contributed by atoms with Gasteiger partial charge < -0.3 is 5.32 Å². The van der Waals surface area contributed by atoms with Crippen LogP contribution in [0, 0.1) is 11.8 Å². The number of allylic oxidation sites excluding steroid dienone is 10. The van der Waals surface area contributed by atoms with Crippen LogP contribution in [-0.2, 0) is 0 Å². The van der Waals surface area contributed by atoms with Crippen molar-refractivity contribution in [3.63, 3.8) is 0 Å². The van der Waals surface area contributed by atoms with Crippen LogP contribution >= 0.6 is 0 Å². The number of hydrogen-bond acceptors (Lipinski definition) is 1. The quantitative estimate of drug-likeness (QED) is 0.418. The van der Waals surface area contributed by atoms with E-state index in [9.17, 15) is 0 Å². The fraction of sp³-hybridized carbons (Fsp3) is 0.385. The Labute approximate surface area is 240 Å². The van der Waals surface area contributed by atoms with Crippen LogP contribution in [0.3, 0.4) is 0 Å². The van der Waals surface area contributed by atoms with Gasteiger partial charge in [0.1, 0.15) is 0 Å². The molecule has 2 aromatic carbocycles. The van der Waals surface area contributed by atoms with Gasteiger partial charge in [-0.25, -0.2) is 0 Å². The summed E-state index contributed by atoms with van der Waals surface area (Å²) in [5.74, 6) is 2.10. The van der Waals surface area contributed by atoms with E-state index in [0.717, 1.165) is 25.2 Å². The Hall–Kier alpha value is -3.16. The first-order valence-electron chi connectivity index (χ1n) is 15.9. The molecule has 0 amide bonds. The molecule has 1 fully saturated rings. The van der Waals surface area contributed by atoms with E-state index in [1.165, 1.54) is 85.2 Å². The van der Waals surface area contributed by atoms with Gasteiger partial charge >= 0.3 is 0 Å². The molecule has 2 aromatic rings. The molecule has 1 aliphatic heterocycles.